The first-order valence-corrected chi connectivity index (χ1v) is 8.46. The van der Waals surface area contributed by atoms with Crippen LogP contribution in [-0.4, -0.2) is 23.0 Å². The van der Waals surface area contributed by atoms with Gasteiger partial charge in [-0.1, -0.05) is 18.2 Å². The minimum absolute atomic E-state index is 0.00136. The first-order valence-electron chi connectivity index (χ1n) is 8.46. The van der Waals surface area contributed by atoms with E-state index >= 15 is 0 Å². The molecule has 0 radical (unpaired) electrons. The van der Waals surface area contributed by atoms with Crippen LogP contribution in [0.15, 0.2) is 59.4 Å². The molecule has 0 spiro atoms. The number of carbonyl (C=O) groups excluding carboxylic acids is 2. The SMILES string of the molecule is CC(OC(=O)c1cc(=O)[nH]c2ccccc12)C(=O)Nc1ccc(C(F)(F)F)cc1. The van der Waals surface area contributed by atoms with Gasteiger partial charge in [0.15, 0.2) is 6.10 Å². The van der Waals surface area contributed by atoms with E-state index in [0.717, 1.165) is 30.3 Å². The number of hydrogen-bond donors (Lipinski definition) is 2. The fraction of sp³-hybridized carbons (Fsp3) is 0.150. The van der Waals surface area contributed by atoms with E-state index < -0.39 is 35.3 Å². The van der Waals surface area contributed by atoms with Crippen LogP contribution >= 0.6 is 0 Å². The molecule has 2 N–H and O–H groups in total. The maximum atomic E-state index is 12.6. The van der Waals surface area contributed by atoms with Gasteiger partial charge in [-0.2, -0.15) is 13.2 Å². The summed E-state index contributed by atoms with van der Waals surface area (Å²) in [6.45, 7) is 1.31. The number of alkyl halides is 3. The number of amides is 1. The number of esters is 1. The molecule has 3 aromatic rings. The molecule has 150 valence electrons. The molecule has 6 nitrogen and oxygen atoms in total. The highest BCUT2D eigenvalue weighted by Crippen LogP contribution is 2.29. The van der Waals surface area contributed by atoms with Gasteiger partial charge in [0.05, 0.1) is 11.1 Å². The Morgan fingerprint density at radius 1 is 1.07 bits per heavy atom. The summed E-state index contributed by atoms with van der Waals surface area (Å²) in [6, 6.07) is 11.5. The normalized spacial score (nSPS) is 12.4. The Labute approximate surface area is 162 Å². The maximum absolute atomic E-state index is 12.6. The third-order valence-electron chi connectivity index (χ3n) is 4.10. The largest absolute Gasteiger partial charge is 0.449 e. The molecule has 1 heterocycles. The number of para-hydroxylation sites is 1. The van der Waals surface area contributed by atoms with Crippen molar-refractivity contribution in [2.24, 2.45) is 0 Å². The van der Waals surface area contributed by atoms with Crippen LogP contribution in [0.1, 0.15) is 22.8 Å². The zero-order valence-electron chi connectivity index (χ0n) is 15.0. The number of carbonyl (C=O) groups is 2. The maximum Gasteiger partial charge on any atom is 0.416 e. The lowest BCUT2D eigenvalue weighted by atomic mass is 10.1. The molecule has 1 unspecified atom stereocenters. The van der Waals surface area contributed by atoms with E-state index in [9.17, 15) is 27.6 Å². The lowest BCUT2D eigenvalue weighted by Gasteiger charge is -2.15. The van der Waals surface area contributed by atoms with E-state index in [2.05, 4.69) is 10.3 Å². The summed E-state index contributed by atoms with van der Waals surface area (Å²) >= 11 is 0. The van der Waals surface area contributed by atoms with Crippen LogP contribution in [0, 0.1) is 0 Å². The van der Waals surface area contributed by atoms with E-state index in [1.807, 2.05) is 0 Å². The van der Waals surface area contributed by atoms with Crippen LogP contribution < -0.4 is 10.9 Å². The van der Waals surface area contributed by atoms with Gasteiger partial charge in [0.25, 0.3) is 5.91 Å². The molecule has 0 fully saturated rings. The molecule has 1 amide bonds. The number of aromatic nitrogens is 1. The molecule has 1 aromatic heterocycles. The third-order valence-corrected chi connectivity index (χ3v) is 4.10. The van der Waals surface area contributed by atoms with E-state index in [-0.39, 0.29) is 11.3 Å². The van der Waals surface area contributed by atoms with Gasteiger partial charge in [-0.3, -0.25) is 9.59 Å². The van der Waals surface area contributed by atoms with Crippen molar-refractivity contribution in [3.63, 3.8) is 0 Å². The summed E-state index contributed by atoms with van der Waals surface area (Å²) in [4.78, 5) is 39.0. The van der Waals surface area contributed by atoms with Crippen molar-refractivity contribution >= 4 is 28.5 Å². The van der Waals surface area contributed by atoms with Gasteiger partial charge in [0, 0.05) is 22.7 Å². The Hall–Kier alpha value is -3.62. The molecule has 0 saturated carbocycles. The molecular formula is C20H15F3N2O4. The molecule has 3 rings (SSSR count). The number of fused-ring (bicyclic) bond motifs is 1. The van der Waals surface area contributed by atoms with Crippen LogP contribution in [0.2, 0.25) is 0 Å². The predicted molar refractivity (Wildman–Crippen MR) is 99.5 cm³/mol. The topological polar surface area (TPSA) is 88.3 Å². The number of pyridine rings is 1. The Kier molecular flexibility index (Phi) is 5.40. The number of anilines is 1. The molecule has 0 aliphatic rings. The fourth-order valence-corrected chi connectivity index (χ4v) is 2.64. The van der Waals surface area contributed by atoms with Crippen LogP contribution in [0.3, 0.4) is 0 Å². The lowest BCUT2D eigenvalue weighted by molar-refractivity contribution is -0.137. The number of nitrogens with one attached hydrogen (secondary N) is 2. The lowest BCUT2D eigenvalue weighted by Crippen LogP contribution is -2.30. The van der Waals surface area contributed by atoms with Crippen LogP contribution in [0.5, 0.6) is 0 Å². The Morgan fingerprint density at radius 2 is 1.72 bits per heavy atom. The average Bonchev–Trinajstić information content (AvgIpc) is 2.66. The number of benzene rings is 2. The van der Waals surface area contributed by atoms with Crippen LogP contribution in [-0.2, 0) is 15.7 Å². The Balaban J connectivity index is 1.71. The summed E-state index contributed by atoms with van der Waals surface area (Å²) in [5.41, 5.74) is -0.798. The van der Waals surface area contributed by atoms with Crippen molar-refractivity contribution in [2.75, 3.05) is 5.32 Å². The number of aromatic amines is 1. The van der Waals surface area contributed by atoms with Gasteiger partial charge >= 0.3 is 12.1 Å². The van der Waals surface area contributed by atoms with Crippen molar-refractivity contribution in [1.82, 2.24) is 4.98 Å². The second-order valence-electron chi connectivity index (χ2n) is 6.20. The molecule has 0 bridgehead atoms. The highest BCUT2D eigenvalue weighted by Gasteiger charge is 2.30. The Morgan fingerprint density at radius 3 is 2.38 bits per heavy atom. The molecule has 0 aliphatic heterocycles. The van der Waals surface area contributed by atoms with E-state index in [1.165, 1.54) is 6.92 Å². The van der Waals surface area contributed by atoms with Crippen molar-refractivity contribution in [2.45, 2.75) is 19.2 Å². The average molecular weight is 404 g/mol. The second kappa shape index (κ2) is 7.78. The summed E-state index contributed by atoms with van der Waals surface area (Å²) in [7, 11) is 0. The van der Waals surface area contributed by atoms with Gasteiger partial charge in [-0.05, 0) is 37.3 Å². The number of hydrogen-bond acceptors (Lipinski definition) is 4. The van der Waals surface area contributed by atoms with Gasteiger partial charge in [0.1, 0.15) is 0 Å². The summed E-state index contributed by atoms with van der Waals surface area (Å²) in [6.07, 6.45) is -5.73. The first kappa shape index (κ1) is 20.1. The number of rotatable bonds is 4. The zero-order chi connectivity index (χ0) is 21.2. The van der Waals surface area contributed by atoms with Gasteiger partial charge in [-0.25, -0.2) is 4.79 Å². The first-order chi connectivity index (χ1) is 13.6. The van der Waals surface area contributed by atoms with Crippen molar-refractivity contribution in [1.29, 1.82) is 0 Å². The molecule has 0 aliphatic carbocycles. The van der Waals surface area contributed by atoms with Crippen molar-refractivity contribution in [3.8, 4) is 0 Å². The number of H-pyrrole nitrogens is 1. The number of ether oxygens (including phenoxy) is 1. The summed E-state index contributed by atoms with van der Waals surface area (Å²) in [5, 5.41) is 2.83. The van der Waals surface area contributed by atoms with Crippen LogP contribution in [0.4, 0.5) is 18.9 Å². The number of halogens is 3. The predicted octanol–water partition coefficient (Wildman–Crippen LogP) is 3.73. The monoisotopic (exact) mass is 404 g/mol. The molecule has 29 heavy (non-hydrogen) atoms. The quantitative estimate of drug-likeness (QED) is 0.649. The van der Waals surface area contributed by atoms with E-state index in [1.54, 1.807) is 24.3 Å². The zero-order valence-corrected chi connectivity index (χ0v) is 15.0. The molecule has 2 aromatic carbocycles. The smallest absolute Gasteiger partial charge is 0.416 e. The van der Waals surface area contributed by atoms with Gasteiger partial charge in [0.2, 0.25) is 5.56 Å². The Bertz CT molecular complexity index is 1120. The van der Waals surface area contributed by atoms with Crippen molar-refractivity contribution in [3.05, 3.63) is 76.1 Å². The third kappa shape index (κ3) is 4.63. The molecular weight excluding hydrogens is 389 g/mol. The van der Waals surface area contributed by atoms with Crippen LogP contribution in [0.25, 0.3) is 10.9 Å². The van der Waals surface area contributed by atoms with E-state index in [0.29, 0.717) is 10.9 Å². The fourth-order valence-electron chi connectivity index (χ4n) is 2.64. The summed E-state index contributed by atoms with van der Waals surface area (Å²) < 4.78 is 42.9. The van der Waals surface area contributed by atoms with E-state index in [4.69, 9.17) is 4.74 Å². The van der Waals surface area contributed by atoms with Crippen molar-refractivity contribution < 1.29 is 27.5 Å². The minimum atomic E-state index is -4.48. The van der Waals surface area contributed by atoms with Gasteiger partial charge < -0.3 is 15.0 Å². The van der Waals surface area contributed by atoms with Gasteiger partial charge in [-0.15, -0.1) is 0 Å². The highest BCUT2D eigenvalue weighted by atomic mass is 19.4. The second-order valence-corrected chi connectivity index (χ2v) is 6.20. The molecule has 1 atom stereocenters. The highest BCUT2D eigenvalue weighted by molar-refractivity contribution is 6.04. The standard InChI is InChI=1S/C20H15F3N2O4/c1-11(18(27)24-13-8-6-12(7-9-13)20(21,22)23)29-19(28)15-10-17(26)25-16-5-3-2-4-14(15)16/h2-11H,1H3,(H,24,27)(H,25,26). The summed E-state index contributed by atoms with van der Waals surface area (Å²) in [5.74, 6) is -1.60. The molecule has 0 saturated heterocycles. The minimum Gasteiger partial charge on any atom is -0.449 e. The molecule has 9 heteroatoms.